The molecule has 1 N–H and O–H groups in total. The number of aryl methyl sites for hydroxylation is 1. The Balaban J connectivity index is 1.43. The van der Waals surface area contributed by atoms with Crippen LogP contribution in [0.5, 0.6) is 5.75 Å². The zero-order valence-corrected chi connectivity index (χ0v) is 19.2. The summed E-state index contributed by atoms with van der Waals surface area (Å²) >= 11 is 19.1. The van der Waals surface area contributed by atoms with E-state index in [2.05, 4.69) is 15.5 Å². The van der Waals surface area contributed by atoms with Gasteiger partial charge in [-0.25, -0.2) is 0 Å². The summed E-state index contributed by atoms with van der Waals surface area (Å²) in [4.78, 5) is 12.1. The smallest absolute Gasteiger partial charge is 0.234 e. The van der Waals surface area contributed by atoms with Crippen molar-refractivity contribution in [3.05, 3.63) is 63.4 Å². The number of nitrogens with one attached hydrogen (secondary N) is 1. The molecule has 3 rings (SSSR count). The summed E-state index contributed by atoms with van der Waals surface area (Å²) in [5.41, 5.74) is 0.699. The average Bonchev–Trinajstić information content (AvgIpc) is 3.06. The summed E-state index contributed by atoms with van der Waals surface area (Å²) < 4.78 is 7.57. The minimum atomic E-state index is -0.125. The molecule has 0 spiro atoms. The van der Waals surface area contributed by atoms with Crippen LogP contribution in [0.15, 0.2) is 47.6 Å². The van der Waals surface area contributed by atoms with E-state index in [-0.39, 0.29) is 11.7 Å². The van der Waals surface area contributed by atoms with Gasteiger partial charge in [-0.15, -0.1) is 10.2 Å². The standard InChI is InChI=1S/C20H19Cl3N4O2S/c1-27-18(3-2-10-29-17-9-6-14(22)11-16(17)23)25-26-20(27)30-12-19(28)24-15-7-4-13(21)5-8-15/h4-9,11H,2-3,10,12H2,1H3,(H,24,28). The fourth-order valence-electron chi connectivity index (χ4n) is 2.55. The van der Waals surface area contributed by atoms with Gasteiger partial charge in [0.15, 0.2) is 5.16 Å². The average molecular weight is 486 g/mol. The Morgan fingerprint density at radius 3 is 2.57 bits per heavy atom. The van der Waals surface area contributed by atoms with E-state index in [1.165, 1.54) is 11.8 Å². The van der Waals surface area contributed by atoms with E-state index in [0.717, 1.165) is 12.2 Å². The number of amides is 1. The zero-order chi connectivity index (χ0) is 21.5. The molecule has 1 aromatic heterocycles. The highest BCUT2D eigenvalue weighted by molar-refractivity contribution is 7.99. The molecule has 0 aliphatic heterocycles. The van der Waals surface area contributed by atoms with Crippen molar-refractivity contribution in [1.29, 1.82) is 0 Å². The van der Waals surface area contributed by atoms with Gasteiger partial charge in [0.1, 0.15) is 11.6 Å². The highest BCUT2D eigenvalue weighted by atomic mass is 35.5. The second-order valence-corrected chi connectivity index (χ2v) is 8.55. The SMILES string of the molecule is Cn1c(CCCOc2ccc(Cl)cc2Cl)nnc1SCC(=O)Nc1ccc(Cl)cc1. The Hall–Kier alpha value is -1.93. The van der Waals surface area contributed by atoms with Gasteiger partial charge in [-0.1, -0.05) is 46.6 Å². The molecule has 6 nitrogen and oxygen atoms in total. The molecule has 0 radical (unpaired) electrons. The van der Waals surface area contributed by atoms with Gasteiger partial charge in [-0.2, -0.15) is 0 Å². The Kier molecular flexibility index (Phi) is 8.27. The summed E-state index contributed by atoms with van der Waals surface area (Å²) in [5, 5.41) is 13.5. The van der Waals surface area contributed by atoms with Crippen molar-refractivity contribution >= 4 is 58.2 Å². The molecular formula is C20H19Cl3N4O2S. The van der Waals surface area contributed by atoms with Crippen LogP contribution in [-0.2, 0) is 18.3 Å². The van der Waals surface area contributed by atoms with Crippen molar-refractivity contribution in [3.63, 3.8) is 0 Å². The van der Waals surface area contributed by atoms with Crippen molar-refractivity contribution in [2.24, 2.45) is 7.05 Å². The van der Waals surface area contributed by atoms with Gasteiger partial charge < -0.3 is 14.6 Å². The predicted molar refractivity (Wildman–Crippen MR) is 122 cm³/mol. The van der Waals surface area contributed by atoms with Gasteiger partial charge in [0.25, 0.3) is 0 Å². The number of rotatable bonds is 9. The molecule has 0 saturated heterocycles. The maximum absolute atomic E-state index is 12.1. The molecule has 30 heavy (non-hydrogen) atoms. The molecule has 0 unspecified atom stereocenters. The van der Waals surface area contributed by atoms with Crippen LogP contribution >= 0.6 is 46.6 Å². The fraction of sp³-hybridized carbons (Fsp3) is 0.250. The normalized spacial score (nSPS) is 10.8. The van der Waals surface area contributed by atoms with Gasteiger partial charge >= 0.3 is 0 Å². The van der Waals surface area contributed by atoms with Gasteiger partial charge in [-0.3, -0.25) is 4.79 Å². The minimum absolute atomic E-state index is 0.125. The number of hydrogen-bond acceptors (Lipinski definition) is 5. The molecule has 0 saturated carbocycles. The van der Waals surface area contributed by atoms with Gasteiger partial charge in [0, 0.05) is 29.2 Å². The predicted octanol–water partition coefficient (Wildman–Crippen LogP) is 5.52. The third-order valence-electron chi connectivity index (χ3n) is 4.08. The number of carbonyl (C=O) groups excluding carboxylic acids is 1. The molecule has 0 atom stereocenters. The summed E-state index contributed by atoms with van der Waals surface area (Å²) in [6, 6.07) is 12.1. The van der Waals surface area contributed by atoms with E-state index in [4.69, 9.17) is 39.5 Å². The molecule has 10 heteroatoms. The number of thioether (sulfide) groups is 1. The Bertz CT molecular complexity index is 1010. The Morgan fingerprint density at radius 2 is 1.83 bits per heavy atom. The number of hydrogen-bond donors (Lipinski definition) is 1. The van der Waals surface area contributed by atoms with Gasteiger partial charge in [-0.05, 0) is 48.9 Å². The fourth-order valence-corrected chi connectivity index (χ4v) is 3.87. The molecule has 0 aliphatic rings. The van der Waals surface area contributed by atoms with Crippen LogP contribution in [0.25, 0.3) is 0 Å². The van der Waals surface area contributed by atoms with Crippen molar-refractivity contribution in [2.75, 3.05) is 17.7 Å². The third-order valence-corrected chi connectivity index (χ3v) is 5.88. The monoisotopic (exact) mass is 484 g/mol. The summed E-state index contributed by atoms with van der Waals surface area (Å²) in [7, 11) is 1.88. The van der Waals surface area contributed by atoms with Crippen molar-refractivity contribution < 1.29 is 9.53 Å². The van der Waals surface area contributed by atoms with Crippen molar-refractivity contribution in [1.82, 2.24) is 14.8 Å². The quantitative estimate of drug-likeness (QED) is 0.319. The number of benzene rings is 2. The van der Waals surface area contributed by atoms with Gasteiger partial charge in [0.2, 0.25) is 5.91 Å². The number of carbonyl (C=O) groups is 1. The largest absolute Gasteiger partial charge is 0.492 e. The van der Waals surface area contributed by atoms with Crippen LogP contribution in [0.4, 0.5) is 5.69 Å². The first kappa shape index (κ1) is 22.7. The molecule has 2 aromatic carbocycles. The minimum Gasteiger partial charge on any atom is -0.492 e. The topological polar surface area (TPSA) is 69.0 Å². The van der Waals surface area contributed by atoms with Crippen LogP contribution in [0.1, 0.15) is 12.2 Å². The number of nitrogens with zero attached hydrogens (tertiary/aromatic N) is 3. The van der Waals surface area contributed by atoms with Crippen LogP contribution in [0.3, 0.4) is 0 Å². The zero-order valence-electron chi connectivity index (χ0n) is 16.1. The Labute approximate surface area is 193 Å². The molecule has 0 fully saturated rings. The van der Waals surface area contributed by atoms with E-state index in [9.17, 15) is 4.79 Å². The van der Waals surface area contributed by atoms with Crippen LogP contribution in [0, 0.1) is 0 Å². The lowest BCUT2D eigenvalue weighted by molar-refractivity contribution is -0.113. The highest BCUT2D eigenvalue weighted by Crippen LogP contribution is 2.27. The molecule has 0 bridgehead atoms. The van der Waals surface area contributed by atoms with E-state index in [1.54, 1.807) is 42.5 Å². The lowest BCUT2D eigenvalue weighted by Crippen LogP contribution is -2.14. The first-order valence-corrected chi connectivity index (χ1v) is 11.2. The van der Waals surface area contributed by atoms with Crippen LogP contribution in [-0.4, -0.2) is 33.0 Å². The summed E-state index contributed by atoms with van der Waals surface area (Å²) in [6.07, 6.45) is 1.43. The molecular weight excluding hydrogens is 467 g/mol. The highest BCUT2D eigenvalue weighted by Gasteiger charge is 2.12. The lowest BCUT2D eigenvalue weighted by Gasteiger charge is -2.08. The first-order valence-electron chi connectivity index (χ1n) is 9.06. The number of anilines is 1. The lowest BCUT2D eigenvalue weighted by atomic mass is 10.3. The Morgan fingerprint density at radius 1 is 1.10 bits per heavy atom. The van der Waals surface area contributed by atoms with Crippen LogP contribution < -0.4 is 10.1 Å². The summed E-state index contributed by atoms with van der Waals surface area (Å²) in [6.45, 7) is 0.486. The molecule has 1 heterocycles. The molecule has 1 amide bonds. The number of halogens is 3. The molecule has 158 valence electrons. The third kappa shape index (κ3) is 6.54. The maximum atomic E-state index is 12.1. The van der Waals surface area contributed by atoms with Crippen molar-refractivity contribution in [3.8, 4) is 5.75 Å². The second-order valence-electron chi connectivity index (χ2n) is 6.33. The van der Waals surface area contributed by atoms with Crippen LogP contribution in [0.2, 0.25) is 15.1 Å². The van der Waals surface area contributed by atoms with E-state index in [1.807, 2.05) is 11.6 Å². The number of aromatic nitrogens is 3. The van der Waals surface area contributed by atoms with E-state index < -0.39 is 0 Å². The first-order chi connectivity index (χ1) is 14.4. The summed E-state index contributed by atoms with van der Waals surface area (Å²) in [5.74, 6) is 1.52. The van der Waals surface area contributed by atoms with Crippen molar-refractivity contribution in [2.45, 2.75) is 18.0 Å². The second kappa shape index (κ2) is 10.9. The molecule has 3 aromatic rings. The van der Waals surface area contributed by atoms with Gasteiger partial charge in [0.05, 0.1) is 17.4 Å². The maximum Gasteiger partial charge on any atom is 0.234 e. The number of ether oxygens (including phenoxy) is 1. The van der Waals surface area contributed by atoms with E-state index in [0.29, 0.717) is 44.7 Å². The van der Waals surface area contributed by atoms with E-state index >= 15 is 0 Å². The molecule has 0 aliphatic carbocycles.